The Morgan fingerprint density at radius 1 is 0.966 bits per heavy atom. The van der Waals surface area contributed by atoms with E-state index in [1.54, 1.807) is 18.2 Å². The number of carbonyl (C=O) groups is 1. The van der Waals surface area contributed by atoms with Gasteiger partial charge in [0, 0.05) is 6.07 Å². The molecular weight excluding hydrogens is 364 g/mol. The first-order valence-corrected chi connectivity index (χ1v) is 9.87. The molecule has 0 aliphatic carbocycles. The average molecular weight is 392 g/mol. The predicted octanol–water partition coefficient (Wildman–Crippen LogP) is 5.47. The smallest absolute Gasteiger partial charge is 0.177 e. The van der Waals surface area contributed by atoms with Crippen molar-refractivity contribution in [3.8, 4) is 17.2 Å². The third-order valence-electron chi connectivity index (χ3n) is 5.13. The third kappa shape index (κ3) is 4.70. The molecular formula is C25H28O4. The number of benzene rings is 2. The Bertz CT molecular complexity index is 990. The highest BCUT2D eigenvalue weighted by molar-refractivity contribution is 6.04. The molecule has 2 aromatic carbocycles. The molecule has 1 heterocycles. The van der Waals surface area contributed by atoms with Crippen LogP contribution in [-0.2, 0) is 12.8 Å². The van der Waals surface area contributed by atoms with Gasteiger partial charge < -0.3 is 14.9 Å². The van der Waals surface area contributed by atoms with Gasteiger partial charge in [-0.3, -0.25) is 4.79 Å². The van der Waals surface area contributed by atoms with E-state index in [1.165, 1.54) is 11.6 Å². The minimum absolute atomic E-state index is 0.0245. The van der Waals surface area contributed by atoms with E-state index in [2.05, 4.69) is 0 Å². The molecule has 0 bridgehead atoms. The summed E-state index contributed by atoms with van der Waals surface area (Å²) in [5, 5.41) is 20.4. The Labute approximate surface area is 172 Å². The van der Waals surface area contributed by atoms with E-state index in [1.807, 2.05) is 45.9 Å². The van der Waals surface area contributed by atoms with E-state index in [0.717, 1.165) is 16.7 Å². The van der Waals surface area contributed by atoms with E-state index in [4.69, 9.17) is 4.74 Å². The average Bonchev–Trinajstić information content (AvgIpc) is 2.66. The number of ketones is 1. The first kappa shape index (κ1) is 20.7. The number of phenolic OH excluding ortho intramolecular Hbond substituents is 2. The van der Waals surface area contributed by atoms with Crippen LogP contribution in [0.4, 0.5) is 0 Å². The molecule has 3 rings (SSSR count). The molecule has 0 radical (unpaired) electrons. The van der Waals surface area contributed by atoms with E-state index in [0.29, 0.717) is 29.7 Å². The maximum absolute atomic E-state index is 13.2. The van der Waals surface area contributed by atoms with Crippen LogP contribution < -0.4 is 4.74 Å². The van der Waals surface area contributed by atoms with Gasteiger partial charge in [-0.2, -0.15) is 0 Å². The monoisotopic (exact) mass is 392 g/mol. The van der Waals surface area contributed by atoms with Crippen LogP contribution in [0, 0.1) is 0 Å². The zero-order chi connectivity index (χ0) is 21.1. The lowest BCUT2D eigenvalue weighted by atomic mass is 9.86. The minimum Gasteiger partial charge on any atom is -0.508 e. The number of aromatic hydroxyl groups is 2. The minimum atomic E-state index is -0.436. The van der Waals surface area contributed by atoms with Gasteiger partial charge in [0.2, 0.25) is 0 Å². The van der Waals surface area contributed by atoms with Crippen molar-refractivity contribution >= 4 is 5.78 Å². The molecule has 152 valence electrons. The molecule has 2 N–H and O–H groups in total. The molecule has 0 unspecified atom stereocenters. The van der Waals surface area contributed by atoms with E-state index in [9.17, 15) is 15.0 Å². The van der Waals surface area contributed by atoms with Crippen LogP contribution in [0.5, 0.6) is 17.2 Å². The van der Waals surface area contributed by atoms with Gasteiger partial charge in [-0.15, -0.1) is 0 Å². The van der Waals surface area contributed by atoms with Gasteiger partial charge in [-0.25, -0.2) is 0 Å². The lowest BCUT2D eigenvalue weighted by Gasteiger charge is -2.25. The molecule has 0 saturated heterocycles. The van der Waals surface area contributed by atoms with Gasteiger partial charge in [0.1, 0.15) is 23.9 Å². The summed E-state index contributed by atoms with van der Waals surface area (Å²) in [5.41, 5.74) is 5.14. The number of hydrogen-bond donors (Lipinski definition) is 2. The number of Topliss-reactive ketones (excluding diaryl/α,β-unsaturated/α-hetero) is 1. The fraction of sp³-hybridized carbons (Fsp3) is 0.320. The van der Waals surface area contributed by atoms with Crippen LogP contribution in [0.15, 0.2) is 53.6 Å². The van der Waals surface area contributed by atoms with E-state index >= 15 is 0 Å². The summed E-state index contributed by atoms with van der Waals surface area (Å²) < 4.78 is 5.82. The Kier molecular flexibility index (Phi) is 6.12. The number of carbonyl (C=O) groups excluding carboxylic acids is 1. The number of phenols is 2. The molecule has 1 atom stereocenters. The second-order valence-corrected chi connectivity index (χ2v) is 8.06. The number of fused-ring (bicyclic) bond motifs is 1. The second-order valence-electron chi connectivity index (χ2n) is 8.06. The van der Waals surface area contributed by atoms with Gasteiger partial charge in [0.05, 0.1) is 11.5 Å². The van der Waals surface area contributed by atoms with Crippen molar-refractivity contribution in [2.24, 2.45) is 0 Å². The number of hydrogen-bond acceptors (Lipinski definition) is 4. The van der Waals surface area contributed by atoms with E-state index < -0.39 is 5.92 Å². The van der Waals surface area contributed by atoms with Gasteiger partial charge >= 0.3 is 0 Å². The summed E-state index contributed by atoms with van der Waals surface area (Å²) in [5.74, 6) is 0.331. The SMILES string of the molecule is CC(C)=CCc1cc([C@H]2COc3cc(O)c(CC=C(C)C)cc3C2=O)ccc1O. The molecule has 0 spiro atoms. The van der Waals surface area contributed by atoms with Crippen molar-refractivity contribution in [2.75, 3.05) is 6.61 Å². The molecule has 4 nitrogen and oxygen atoms in total. The lowest BCUT2D eigenvalue weighted by Crippen LogP contribution is -2.26. The number of rotatable bonds is 5. The second kappa shape index (κ2) is 8.56. The van der Waals surface area contributed by atoms with Crippen LogP contribution >= 0.6 is 0 Å². The molecule has 2 aromatic rings. The fourth-order valence-electron chi connectivity index (χ4n) is 3.39. The predicted molar refractivity (Wildman–Crippen MR) is 115 cm³/mol. The van der Waals surface area contributed by atoms with Crippen LogP contribution in [0.2, 0.25) is 0 Å². The molecule has 4 heteroatoms. The summed E-state index contributed by atoms with van der Waals surface area (Å²) in [6.07, 6.45) is 5.24. The van der Waals surface area contributed by atoms with Crippen LogP contribution in [0.25, 0.3) is 0 Å². The Morgan fingerprint density at radius 2 is 1.59 bits per heavy atom. The highest BCUT2D eigenvalue weighted by Crippen LogP contribution is 2.37. The lowest BCUT2D eigenvalue weighted by molar-refractivity contribution is 0.0896. The standard InChI is InChI=1S/C25H28O4/c1-15(2)5-7-18-11-17(9-10-22(18)26)21-14-29-24-13-23(27)19(8-6-16(3)4)12-20(24)25(21)28/h5-6,9-13,21,26-27H,7-8,14H2,1-4H3/t21-/m1/s1. The summed E-state index contributed by atoms with van der Waals surface area (Å²) in [6, 6.07) is 8.58. The maximum Gasteiger partial charge on any atom is 0.177 e. The van der Waals surface area contributed by atoms with Gasteiger partial charge in [-0.1, -0.05) is 35.4 Å². The highest BCUT2D eigenvalue weighted by Gasteiger charge is 2.31. The van der Waals surface area contributed by atoms with Crippen LogP contribution in [0.3, 0.4) is 0 Å². The first-order valence-electron chi connectivity index (χ1n) is 9.87. The topological polar surface area (TPSA) is 66.8 Å². The van der Waals surface area contributed by atoms with Crippen molar-refractivity contribution in [1.29, 1.82) is 0 Å². The number of ether oxygens (including phenoxy) is 1. The molecule has 29 heavy (non-hydrogen) atoms. The Balaban J connectivity index is 1.93. The fourth-order valence-corrected chi connectivity index (χ4v) is 3.39. The van der Waals surface area contributed by atoms with E-state index in [-0.39, 0.29) is 23.9 Å². The van der Waals surface area contributed by atoms with Crippen molar-refractivity contribution in [3.05, 3.63) is 75.9 Å². The Hall–Kier alpha value is -3.01. The molecule has 0 fully saturated rings. The summed E-state index contributed by atoms with van der Waals surface area (Å²) >= 11 is 0. The highest BCUT2D eigenvalue weighted by atomic mass is 16.5. The number of allylic oxidation sites excluding steroid dienone is 4. The normalized spacial score (nSPS) is 15.3. The summed E-state index contributed by atoms with van der Waals surface area (Å²) in [7, 11) is 0. The molecule has 0 amide bonds. The van der Waals surface area contributed by atoms with Gasteiger partial charge in [0.15, 0.2) is 5.78 Å². The van der Waals surface area contributed by atoms with Crippen LogP contribution in [-0.4, -0.2) is 22.6 Å². The molecule has 0 aromatic heterocycles. The van der Waals surface area contributed by atoms with Gasteiger partial charge in [-0.05, 0) is 69.4 Å². The summed E-state index contributed by atoms with van der Waals surface area (Å²) in [4.78, 5) is 13.2. The summed E-state index contributed by atoms with van der Waals surface area (Å²) in [6.45, 7) is 8.23. The van der Waals surface area contributed by atoms with Crippen molar-refractivity contribution in [2.45, 2.75) is 46.5 Å². The molecule has 1 aliphatic rings. The maximum atomic E-state index is 13.2. The van der Waals surface area contributed by atoms with Crippen LogP contribution in [0.1, 0.15) is 60.7 Å². The zero-order valence-electron chi connectivity index (χ0n) is 17.5. The first-order chi connectivity index (χ1) is 13.8. The Morgan fingerprint density at radius 3 is 2.21 bits per heavy atom. The third-order valence-corrected chi connectivity index (χ3v) is 5.13. The largest absolute Gasteiger partial charge is 0.508 e. The van der Waals surface area contributed by atoms with Crippen molar-refractivity contribution in [1.82, 2.24) is 0 Å². The molecule has 0 saturated carbocycles. The quantitative estimate of drug-likeness (QED) is 0.662. The zero-order valence-corrected chi connectivity index (χ0v) is 17.5. The van der Waals surface area contributed by atoms with Crippen molar-refractivity contribution < 1.29 is 19.7 Å². The van der Waals surface area contributed by atoms with Crippen molar-refractivity contribution in [3.63, 3.8) is 0 Å². The molecule has 1 aliphatic heterocycles. The van der Waals surface area contributed by atoms with Gasteiger partial charge in [0.25, 0.3) is 0 Å².